The second kappa shape index (κ2) is 12.4. The number of fused-ring (bicyclic) bond motifs is 3. The molecule has 49 heavy (non-hydrogen) atoms. The third-order valence-electron chi connectivity index (χ3n) is 10.5. The zero-order chi connectivity index (χ0) is 34.8. The minimum atomic E-state index is -4.61. The Hall–Kier alpha value is -3.98. The van der Waals surface area contributed by atoms with Crippen LogP contribution in [0.1, 0.15) is 81.5 Å². The Morgan fingerprint density at radius 3 is 2.71 bits per heavy atom. The van der Waals surface area contributed by atoms with Gasteiger partial charge in [-0.25, -0.2) is 4.39 Å². The van der Waals surface area contributed by atoms with Gasteiger partial charge >= 0.3 is 12.2 Å². The van der Waals surface area contributed by atoms with E-state index in [1.807, 2.05) is 11.6 Å². The van der Waals surface area contributed by atoms with Crippen LogP contribution in [0, 0.1) is 13.8 Å². The molecule has 2 N–H and O–H groups in total. The van der Waals surface area contributed by atoms with E-state index in [4.69, 9.17) is 25.2 Å². The molecule has 6 heterocycles. The van der Waals surface area contributed by atoms with Gasteiger partial charge in [-0.1, -0.05) is 0 Å². The molecular formula is C34H42F4N8O3. The fraction of sp³-hybridized carbons (Fsp3) is 0.588. The fourth-order valence-electron chi connectivity index (χ4n) is 8.13. The minimum Gasteiger partial charge on any atom is -0.461 e. The maximum atomic E-state index is 14.5. The van der Waals surface area contributed by atoms with Crippen molar-refractivity contribution in [3.05, 3.63) is 57.0 Å². The third kappa shape index (κ3) is 6.08. The molecule has 2 saturated heterocycles. The molecule has 4 aliphatic rings. The summed E-state index contributed by atoms with van der Waals surface area (Å²) in [5.74, 6) is 0.375. The first kappa shape index (κ1) is 33.5. The molecule has 0 aliphatic carbocycles. The summed E-state index contributed by atoms with van der Waals surface area (Å²) in [6, 6.07) is 2.74. The van der Waals surface area contributed by atoms with Crippen LogP contribution >= 0.6 is 0 Å². The minimum absolute atomic E-state index is 0.0241. The van der Waals surface area contributed by atoms with Crippen LogP contribution in [-0.4, -0.2) is 87.5 Å². The van der Waals surface area contributed by atoms with Gasteiger partial charge in [0.15, 0.2) is 5.69 Å². The highest BCUT2D eigenvalue weighted by Gasteiger charge is 2.49. The van der Waals surface area contributed by atoms with Crippen LogP contribution in [-0.2, 0) is 37.0 Å². The second-order valence-corrected chi connectivity index (χ2v) is 14.0. The predicted octanol–water partition coefficient (Wildman–Crippen LogP) is 4.77. The van der Waals surface area contributed by atoms with Gasteiger partial charge in [0.25, 0.3) is 5.91 Å². The number of halogens is 4. The molecule has 0 bridgehead atoms. The molecule has 7 rings (SSSR count). The van der Waals surface area contributed by atoms with Crippen molar-refractivity contribution in [1.29, 1.82) is 0 Å². The number of benzene rings is 1. The highest BCUT2D eigenvalue weighted by Crippen LogP contribution is 2.44. The number of aryl methyl sites for hydroxylation is 2. The van der Waals surface area contributed by atoms with Crippen LogP contribution in [0.3, 0.4) is 0 Å². The average Bonchev–Trinajstić information content (AvgIpc) is 3.60. The van der Waals surface area contributed by atoms with Crippen molar-refractivity contribution in [1.82, 2.24) is 29.5 Å². The maximum absolute atomic E-state index is 14.5. The normalized spacial score (nSPS) is 24.0. The maximum Gasteiger partial charge on any atom is 0.417 e. The standard InChI is InChI=1S/C34H42F4N8O3/c1-19-11-22(39)12-23(28(19)34(36,37)38)27-13-25-24(17-48-27)30(41-32(40-25)49-18-33-7-5-9-45(33)15-21(35)14-33)44-8-6-10-46-26(16-44)20(2)29(42-46)31(47)43(3)4/h11-12,21,27H,5-10,13-18,39H2,1-4H3/t21-,27+,33+/m1/s1. The number of amides is 1. The van der Waals surface area contributed by atoms with Gasteiger partial charge in [-0.05, 0) is 62.9 Å². The monoisotopic (exact) mass is 686 g/mol. The van der Waals surface area contributed by atoms with Gasteiger partial charge in [0.2, 0.25) is 0 Å². The lowest BCUT2D eigenvalue weighted by atomic mass is 9.92. The Morgan fingerprint density at radius 2 is 1.96 bits per heavy atom. The van der Waals surface area contributed by atoms with Gasteiger partial charge in [-0.2, -0.15) is 28.2 Å². The molecule has 1 amide bonds. The molecule has 0 saturated carbocycles. The van der Waals surface area contributed by atoms with E-state index in [2.05, 4.69) is 14.9 Å². The molecule has 0 unspecified atom stereocenters. The molecule has 3 aromatic rings. The summed E-state index contributed by atoms with van der Waals surface area (Å²) < 4.78 is 71.9. The van der Waals surface area contributed by atoms with Gasteiger partial charge in [0, 0.05) is 63.4 Å². The molecule has 2 fully saturated rings. The van der Waals surface area contributed by atoms with E-state index < -0.39 is 29.6 Å². The highest BCUT2D eigenvalue weighted by atomic mass is 19.4. The number of nitrogens with zero attached hydrogens (tertiary/aromatic N) is 7. The van der Waals surface area contributed by atoms with Gasteiger partial charge < -0.3 is 25.0 Å². The second-order valence-electron chi connectivity index (χ2n) is 14.0. The Labute approximate surface area is 282 Å². The van der Waals surface area contributed by atoms with E-state index in [-0.39, 0.29) is 48.4 Å². The molecule has 1 aromatic carbocycles. The number of hydrogen-bond donors (Lipinski definition) is 1. The van der Waals surface area contributed by atoms with Crippen molar-refractivity contribution in [3.63, 3.8) is 0 Å². The lowest BCUT2D eigenvalue weighted by molar-refractivity contribution is -0.140. The molecule has 0 radical (unpaired) electrons. The van der Waals surface area contributed by atoms with Crippen molar-refractivity contribution in [3.8, 4) is 6.01 Å². The summed E-state index contributed by atoms with van der Waals surface area (Å²) in [4.78, 5) is 28.3. The van der Waals surface area contributed by atoms with Crippen LogP contribution in [0.4, 0.5) is 29.1 Å². The average molecular weight is 687 g/mol. The number of ether oxygens (including phenoxy) is 2. The van der Waals surface area contributed by atoms with Gasteiger partial charge in [0.05, 0.1) is 41.7 Å². The highest BCUT2D eigenvalue weighted by molar-refractivity contribution is 5.93. The van der Waals surface area contributed by atoms with Crippen LogP contribution in [0.5, 0.6) is 6.01 Å². The molecule has 11 nitrogen and oxygen atoms in total. The zero-order valence-corrected chi connectivity index (χ0v) is 28.2. The molecule has 2 aromatic heterocycles. The van der Waals surface area contributed by atoms with Crippen molar-refractivity contribution in [2.45, 2.75) is 89.6 Å². The number of anilines is 2. The Bertz CT molecular complexity index is 1780. The Morgan fingerprint density at radius 1 is 1.16 bits per heavy atom. The first-order valence-corrected chi connectivity index (χ1v) is 16.8. The van der Waals surface area contributed by atoms with E-state index in [0.29, 0.717) is 61.8 Å². The van der Waals surface area contributed by atoms with E-state index in [1.54, 1.807) is 14.1 Å². The van der Waals surface area contributed by atoms with E-state index in [1.165, 1.54) is 24.0 Å². The lowest BCUT2D eigenvalue weighted by Crippen LogP contribution is -2.43. The number of rotatable bonds is 6. The number of aromatic nitrogens is 4. The van der Waals surface area contributed by atoms with Crippen LogP contribution in [0.15, 0.2) is 12.1 Å². The Balaban J connectivity index is 1.27. The number of alkyl halides is 4. The number of nitrogen functional groups attached to an aromatic ring is 1. The van der Waals surface area contributed by atoms with Crippen molar-refractivity contribution in [2.75, 3.05) is 51.0 Å². The van der Waals surface area contributed by atoms with Crippen molar-refractivity contribution in [2.24, 2.45) is 0 Å². The van der Waals surface area contributed by atoms with Crippen molar-refractivity contribution < 1.29 is 31.8 Å². The summed E-state index contributed by atoms with van der Waals surface area (Å²) in [5.41, 5.74) is 8.27. The molecule has 3 atom stereocenters. The molecule has 15 heteroatoms. The number of hydrogen-bond acceptors (Lipinski definition) is 9. The van der Waals surface area contributed by atoms with Crippen LogP contribution in [0.2, 0.25) is 0 Å². The number of nitrogens with two attached hydrogens (primary N) is 1. The van der Waals surface area contributed by atoms with E-state index in [0.717, 1.165) is 30.6 Å². The van der Waals surface area contributed by atoms with E-state index >= 15 is 0 Å². The number of carbonyl (C=O) groups excluding carboxylic acids is 1. The number of carbonyl (C=O) groups is 1. The fourth-order valence-corrected chi connectivity index (χ4v) is 8.13. The lowest BCUT2D eigenvalue weighted by Gasteiger charge is -2.33. The summed E-state index contributed by atoms with van der Waals surface area (Å²) in [6.45, 7) is 6.22. The third-order valence-corrected chi connectivity index (χ3v) is 10.5. The molecule has 0 spiro atoms. The smallest absolute Gasteiger partial charge is 0.417 e. The predicted molar refractivity (Wildman–Crippen MR) is 173 cm³/mol. The molecular weight excluding hydrogens is 644 g/mol. The first-order chi connectivity index (χ1) is 23.2. The van der Waals surface area contributed by atoms with E-state index in [9.17, 15) is 22.4 Å². The first-order valence-electron chi connectivity index (χ1n) is 16.8. The molecule has 4 aliphatic heterocycles. The zero-order valence-electron chi connectivity index (χ0n) is 28.2. The summed E-state index contributed by atoms with van der Waals surface area (Å²) >= 11 is 0. The van der Waals surface area contributed by atoms with Crippen LogP contribution in [0.25, 0.3) is 0 Å². The van der Waals surface area contributed by atoms with Gasteiger partial charge in [-0.15, -0.1) is 0 Å². The van der Waals surface area contributed by atoms with Gasteiger partial charge in [0.1, 0.15) is 18.6 Å². The summed E-state index contributed by atoms with van der Waals surface area (Å²) in [5, 5.41) is 4.64. The SMILES string of the molecule is Cc1cc(N)cc([C@@H]2Cc3nc(OC[C@@]45CCCN4C[C@H](F)C5)nc(N4CCCn5nc(C(=O)N(C)C)c(C)c5C4)c3CO2)c1C(F)(F)F. The Kier molecular flexibility index (Phi) is 8.49. The summed E-state index contributed by atoms with van der Waals surface area (Å²) in [6.07, 6.45) is -3.62. The topological polar surface area (TPSA) is 115 Å². The molecule has 264 valence electrons. The summed E-state index contributed by atoms with van der Waals surface area (Å²) in [7, 11) is 3.38. The largest absolute Gasteiger partial charge is 0.461 e. The van der Waals surface area contributed by atoms with Crippen molar-refractivity contribution >= 4 is 17.4 Å². The van der Waals surface area contributed by atoms with Gasteiger partial charge in [-0.3, -0.25) is 14.4 Å². The van der Waals surface area contributed by atoms with Crippen LogP contribution < -0.4 is 15.4 Å². The quantitative estimate of drug-likeness (QED) is 0.289.